The van der Waals surface area contributed by atoms with Crippen LogP contribution in [-0.2, 0) is 11.2 Å². The molecule has 3 unspecified atom stereocenters. The molecule has 1 aromatic carbocycles. The molecule has 106 valence electrons. The van der Waals surface area contributed by atoms with Gasteiger partial charge < -0.3 is 4.74 Å². The predicted octanol–water partition coefficient (Wildman–Crippen LogP) is 2.01. The number of nitrogens with one attached hydrogen (secondary N) is 1. The second kappa shape index (κ2) is 6.41. The molecule has 3 nitrogen and oxygen atoms in total. The van der Waals surface area contributed by atoms with Crippen molar-refractivity contribution in [2.45, 2.75) is 25.8 Å². The lowest BCUT2D eigenvalue weighted by molar-refractivity contribution is 0.0109. The summed E-state index contributed by atoms with van der Waals surface area (Å²) < 4.78 is 31.8. The van der Waals surface area contributed by atoms with Crippen LogP contribution in [0.2, 0.25) is 0 Å². The van der Waals surface area contributed by atoms with Gasteiger partial charge >= 0.3 is 0 Å². The molecular formula is C14H20F2N2O. The normalized spacial score (nSPS) is 25.3. The number of hydrogen-bond acceptors (Lipinski definition) is 3. The zero-order valence-electron chi connectivity index (χ0n) is 11.0. The largest absolute Gasteiger partial charge is 0.381 e. The van der Waals surface area contributed by atoms with E-state index >= 15 is 0 Å². The van der Waals surface area contributed by atoms with E-state index in [4.69, 9.17) is 10.6 Å². The molecule has 1 heterocycles. The Morgan fingerprint density at radius 3 is 2.63 bits per heavy atom. The summed E-state index contributed by atoms with van der Waals surface area (Å²) in [5.74, 6) is 5.25. The second-order valence-electron chi connectivity index (χ2n) is 5.26. The van der Waals surface area contributed by atoms with Crippen molar-refractivity contribution in [2.75, 3.05) is 13.2 Å². The molecule has 0 radical (unpaired) electrons. The van der Waals surface area contributed by atoms with Gasteiger partial charge in [0, 0.05) is 25.3 Å². The maximum absolute atomic E-state index is 13.2. The molecule has 1 aromatic rings. The zero-order chi connectivity index (χ0) is 13.8. The lowest BCUT2D eigenvalue weighted by Crippen LogP contribution is -2.47. The Morgan fingerprint density at radius 1 is 1.37 bits per heavy atom. The van der Waals surface area contributed by atoms with Crippen molar-refractivity contribution in [3.63, 3.8) is 0 Å². The topological polar surface area (TPSA) is 47.3 Å². The Balaban J connectivity index is 2.09. The van der Waals surface area contributed by atoms with Crippen LogP contribution in [-0.4, -0.2) is 19.3 Å². The van der Waals surface area contributed by atoms with Gasteiger partial charge in [-0.15, -0.1) is 0 Å². The highest BCUT2D eigenvalue weighted by Gasteiger charge is 2.29. The van der Waals surface area contributed by atoms with Crippen LogP contribution in [0, 0.1) is 23.5 Å². The van der Waals surface area contributed by atoms with Crippen LogP contribution in [0.5, 0.6) is 0 Å². The highest BCUT2D eigenvalue weighted by molar-refractivity contribution is 5.19. The molecule has 0 bridgehead atoms. The van der Waals surface area contributed by atoms with Crippen molar-refractivity contribution in [3.8, 4) is 0 Å². The summed E-state index contributed by atoms with van der Waals surface area (Å²) in [4.78, 5) is 0. The number of rotatable bonds is 4. The van der Waals surface area contributed by atoms with Gasteiger partial charge in [-0.25, -0.2) is 8.78 Å². The molecule has 0 aromatic heterocycles. The fraction of sp³-hybridized carbons (Fsp3) is 0.571. The zero-order valence-corrected chi connectivity index (χ0v) is 11.0. The molecule has 0 aliphatic carbocycles. The predicted molar refractivity (Wildman–Crippen MR) is 69.3 cm³/mol. The van der Waals surface area contributed by atoms with E-state index in [9.17, 15) is 8.78 Å². The van der Waals surface area contributed by atoms with Crippen LogP contribution in [0.15, 0.2) is 18.2 Å². The summed E-state index contributed by atoms with van der Waals surface area (Å²) in [6.07, 6.45) is 1.42. The van der Waals surface area contributed by atoms with E-state index < -0.39 is 11.6 Å². The molecule has 1 aliphatic rings. The standard InChI is InChI=1S/C14H20F2N2O/c1-9-8-19-3-2-13(9)14(18-17)6-10-4-11(15)7-12(16)5-10/h4-5,7,9,13-14,18H,2-3,6,8,17H2,1H3. The maximum atomic E-state index is 13.2. The summed E-state index contributed by atoms with van der Waals surface area (Å²) >= 11 is 0. The van der Waals surface area contributed by atoms with E-state index in [0.717, 1.165) is 12.5 Å². The number of hydrogen-bond donors (Lipinski definition) is 2. The van der Waals surface area contributed by atoms with E-state index in [1.54, 1.807) is 0 Å². The van der Waals surface area contributed by atoms with Crippen molar-refractivity contribution in [2.24, 2.45) is 17.7 Å². The quantitative estimate of drug-likeness (QED) is 0.650. The van der Waals surface area contributed by atoms with Gasteiger partial charge in [-0.2, -0.15) is 0 Å². The van der Waals surface area contributed by atoms with Crippen LogP contribution >= 0.6 is 0 Å². The van der Waals surface area contributed by atoms with E-state index in [2.05, 4.69) is 12.3 Å². The van der Waals surface area contributed by atoms with Crippen molar-refractivity contribution < 1.29 is 13.5 Å². The lowest BCUT2D eigenvalue weighted by Gasteiger charge is -2.35. The third kappa shape index (κ3) is 3.72. The Morgan fingerprint density at radius 2 is 2.05 bits per heavy atom. The molecule has 0 saturated carbocycles. The van der Waals surface area contributed by atoms with Gasteiger partial charge in [-0.3, -0.25) is 11.3 Å². The Kier molecular flexibility index (Phi) is 4.85. The first-order valence-corrected chi connectivity index (χ1v) is 6.59. The summed E-state index contributed by atoms with van der Waals surface area (Å²) in [7, 11) is 0. The Labute approximate surface area is 112 Å². The number of nitrogens with two attached hydrogens (primary N) is 1. The summed E-state index contributed by atoms with van der Waals surface area (Å²) in [5.41, 5.74) is 3.41. The maximum Gasteiger partial charge on any atom is 0.126 e. The highest BCUT2D eigenvalue weighted by Crippen LogP contribution is 2.26. The first-order valence-electron chi connectivity index (χ1n) is 6.59. The summed E-state index contributed by atoms with van der Waals surface area (Å²) in [6.45, 7) is 3.53. The fourth-order valence-corrected chi connectivity index (χ4v) is 2.81. The number of benzene rings is 1. The molecular weight excluding hydrogens is 250 g/mol. The Bertz CT molecular complexity index is 408. The summed E-state index contributed by atoms with van der Waals surface area (Å²) in [6, 6.07) is 3.60. The van der Waals surface area contributed by atoms with Crippen molar-refractivity contribution in [1.29, 1.82) is 0 Å². The van der Waals surface area contributed by atoms with E-state index in [-0.39, 0.29) is 6.04 Å². The van der Waals surface area contributed by atoms with Crippen molar-refractivity contribution in [3.05, 3.63) is 35.4 Å². The fourth-order valence-electron chi connectivity index (χ4n) is 2.81. The van der Waals surface area contributed by atoms with Crippen LogP contribution in [0.4, 0.5) is 8.78 Å². The number of ether oxygens (including phenoxy) is 1. The van der Waals surface area contributed by atoms with Gasteiger partial charge in [0.2, 0.25) is 0 Å². The molecule has 0 amide bonds. The van der Waals surface area contributed by atoms with Gasteiger partial charge in [0.25, 0.3) is 0 Å². The second-order valence-corrected chi connectivity index (χ2v) is 5.26. The molecule has 2 rings (SSSR count). The molecule has 3 atom stereocenters. The van der Waals surface area contributed by atoms with Gasteiger partial charge in [0.15, 0.2) is 0 Å². The minimum Gasteiger partial charge on any atom is -0.381 e. The van der Waals surface area contributed by atoms with Crippen LogP contribution < -0.4 is 11.3 Å². The van der Waals surface area contributed by atoms with Gasteiger partial charge in [-0.1, -0.05) is 6.92 Å². The van der Waals surface area contributed by atoms with Crippen LogP contribution in [0.25, 0.3) is 0 Å². The van der Waals surface area contributed by atoms with E-state index in [0.29, 0.717) is 37.0 Å². The van der Waals surface area contributed by atoms with Gasteiger partial charge in [-0.05, 0) is 42.4 Å². The highest BCUT2D eigenvalue weighted by atomic mass is 19.1. The number of halogens is 2. The summed E-state index contributed by atoms with van der Waals surface area (Å²) in [5, 5.41) is 0. The van der Waals surface area contributed by atoms with E-state index in [1.807, 2.05) is 0 Å². The molecule has 0 spiro atoms. The minimum atomic E-state index is -0.550. The van der Waals surface area contributed by atoms with Gasteiger partial charge in [0.1, 0.15) is 11.6 Å². The number of hydrazine groups is 1. The first-order chi connectivity index (χ1) is 9.10. The van der Waals surface area contributed by atoms with E-state index in [1.165, 1.54) is 12.1 Å². The third-order valence-corrected chi connectivity index (χ3v) is 3.82. The average molecular weight is 270 g/mol. The van der Waals surface area contributed by atoms with Crippen molar-refractivity contribution >= 4 is 0 Å². The molecule has 1 saturated heterocycles. The smallest absolute Gasteiger partial charge is 0.126 e. The Hall–Kier alpha value is -1.04. The monoisotopic (exact) mass is 270 g/mol. The van der Waals surface area contributed by atoms with Crippen LogP contribution in [0.3, 0.4) is 0 Å². The average Bonchev–Trinajstić information content (AvgIpc) is 2.36. The third-order valence-electron chi connectivity index (χ3n) is 3.82. The minimum absolute atomic E-state index is 0.0000926. The van der Waals surface area contributed by atoms with Crippen LogP contribution in [0.1, 0.15) is 18.9 Å². The molecule has 19 heavy (non-hydrogen) atoms. The SMILES string of the molecule is CC1COCCC1C(Cc1cc(F)cc(F)c1)NN. The molecule has 3 N–H and O–H groups in total. The van der Waals surface area contributed by atoms with Gasteiger partial charge in [0.05, 0.1) is 0 Å². The van der Waals surface area contributed by atoms with Crippen molar-refractivity contribution in [1.82, 2.24) is 5.43 Å². The lowest BCUT2D eigenvalue weighted by atomic mass is 9.81. The molecule has 1 fully saturated rings. The molecule has 1 aliphatic heterocycles. The molecule has 5 heteroatoms. The first kappa shape index (κ1) is 14.4.